The first-order chi connectivity index (χ1) is 9.84. The molecule has 2 heterocycles. The van der Waals surface area contributed by atoms with Gasteiger partial charge in [-0.15, -0.1) is 0 Å². The summed E-state index contributed by atoms with van der Waals surface area (Å²) in [4.78, 5) is 8.95. The van der Waals surface area contributed by atoms with Crippen LogP contribution in [0.25, 0.3) is 27.9 Å². The van der Waals surface area contributed by atoms with Crippen LogP contribution in [-0.2, 0) is 0 Å². The van der Waals surface area contributed by atoms with Crippen molar-refractivity contribution in [2.75, 3.05) is 5.73 Å². The zero-order valence-corrected chi connectivity index (χ0v) is 10.7. The van der Waals surface area contributed by atoms with Crippen molar-refractivity contribution in [2.45, 2.75) is 0 Å². The van der Waals surface area contributed by atoms with E-state index in [0.717, 1.165) is 27.9 Å². The van der Waals surface area contributed by atoms with E-state index in [-0.39, 0.29) is 0 Å². The van der Waals surface area contributed by atoms with Gasteiger partial charge in [0.1, 0.15) is 17.2 Å². The highest BCUT2D eigenvalue weighted by molar-refractivity contribution is 5.86. The first kappa shape index (κ1) is 11.0. The van der Waals surface area contributed by atoms with Crippen molar-refractivity contribution < 1.29 is 0 Å². The molecule has 4 rings (SSSR count). The topological polar surface area (TPSA) is 56.2 Å². The molecule has 4 heteroatoms. The van der Waals surface area contributed by atoms with Crippen molar-refractivity contribution in [1.29, 1.82) is 0 Å². The summed E-state index contributed by atoms with van der Waals surface area (Å²) in [5, 5.41) is 0. The Kier molecular flexibility index (Phi) is 2.23. The molecule has 0 aliphatic rings. The van der Waals surface area contributed by atoms with Gasteiger partial charge in [0.05, 0.1) is 17.2 Å². The minimum absolute atomic E-state index is 0.499. The predicted molar refractivity (Wildman–Crippen MR) is 80.3 cm³/mol. The third-order valence-electron chi connectivity index (χ3n) is 3.42. The van der Waals surface area contributed by atoms with Gasteiger partial charge in [0.2, 0.25) is 0 Å². The summed E-state index contributed by atoms with van der Waals surface area (Å²) >= 11 is 0. The number of imidazole rings is 1. The lowest BCUT2D eigenvalue weighted by Crippen LogP contribution is -1.99. The molecule has 0 aliphatic carbocycles. The summed E-state index contributed by atoms with van der Waals surface area (Å²) in [5.41, 5.74) is 9.81. The molecule has 2 aromatic carbocycles. The van der Waals surface area contributed by atoms with E-state index in [0.29, 0.717) is 5.82 Å². The Balaban J connectivity index is 2.19. The molecule has 2 N–H and O–H groups in total. The lowest BCUT2D eigenvalue weighted by molar-refractivity contribution is 1.20. The van der Waals surface area contributed by atoms with Gasteiger partial charge in [-0.1, -0.05) is 42.5 Å². The number of nitrogen functional groups attached to an aromatic ring is 1. The maximum absolute atomic E-state index is 6.04. The number of anilines is 1. The molecule has 4 aromatic rings. The molecular weight excluding hydrogens is 248 g/mol. The molecule has 0 unspecified atom stereocenters. The van der Waals surface area contributed by atoms with E-state index >= 15 is 0 Å². The molecule has 0 spiro atoms. The van der Waals surface area contributed by atoms with Gasteiger partial charge in [0, 0.05) is 5.56 Å². The van der Waals surface area contributed by atoms with Crippen LogP contribution in [0, 0.1) is 0 Å². The Morgan fingerprint density at radius 1 is 0.850 bits per heavy atom. The Labute approximate surface area is 115 Å². The SMILES string of the molecule is Nc1nc2ccccc2n2c(-c3ccccc3)ncc12. The summed E-state index contributed by atoms with van der Waals surface area (Å²) in [6.45, 7) is 0. The van der Waals surface area contributed by atoms with E-state index in [1.807, 2.05) is 54.6 Å². The molecule has 96 valence electrons. The third kappa shape index (κ3) is 1.48. The highest BCUT2D eigenvalue weighted by Gasteiger charge is 2.12. The van der Waals surface area contributed by atoms with Gasteiger partial charge in [-0.05, 0) is 12.1 Å². The minimum Gasteiger partial charge on any atom is -0.382 e. The summed E-state index contributed by atoms with van der Waals surface area (Å²) in [6.07, 6.45) is 1.77. The fourth-order valence-electron chi connectivity index (χ4n) is 2.50. The molecule has 0 saturated carbocycles. The number of para-hydroxylation sites is 2. The summed E-state index contributed by atoms with van der Waals surface area (Å²) in [6, 6.07) is 18.0. The Hall–Kier alpha value is -2.88. The van der Waals surface area contributed by atoms with E-state index in [9.17, 15) is 0 Å². The quantitative estimate of drug-likeness (QED) is 0.572. The second kappa shape index (κ2) is 4.06. The highest BCUT2D eigenvalue weighted by atomic mass is 15.1. The van der Waals surface area contributed by atoms with Crippen molar-refractivity contribution in [3.63, 3.8) is 0 Å². The number of hydrogen-bond acceptors (Lipinski definition) is 3. The fraction of sp³-hybridized carbons (Fsp3) is 0. The maximum atomic E-state index is 6.04. The number of aromatic nitrogens is 3. The van der Waals surface area contributed by atoms with Gasteiger partial charge in [-0.25, -0.2) is 9.97 Å². The Morgan fingerprint density at radius 2 is 1.60 bits per heavy atom. The maximum Gasteiger partial charge on any atom is 0.150 e. The van der Waals surface area contributed by atoms with Crippen LogP contribution < -0.4 is 5.73 Å². The zero-order valence-electron chi connectivity index (χ0n) is 10.7. The van der Waals surface area contributed by atoms with Gasteiger partial charge in [0.25, 0.3) is 0 Å². The normalized spacial score (nSPS) is 11.2. The minimum atomic E-state index is 0.499. The largest absolute Gasteiger partial charge is 0.382 e. The Morgan fingerprint density at radius 3 is 2.45 bits per heavy atom. The average molecular weight is 260 g/mol. The van der Waals surface area contributed by atoms with Gasteiger partial charge in [0.15, 0.2) is 0 Å². The smallest absolute Gasteiger partial charge is 0.150 e. The average Bonchev–Trinajstić information content (AvgIpc) is 2.94. The van der Waals surface area contributed by atoms with Gasteiger partial charge >= 0.3 is 0 Å². The predicted octanol–water partition coefficient (Wildman–Crippen LogP) is 3.13. The molecule has 0 fully saturated rings. The lowest BCUT2D eigenvalue weighted by atomic mass is 10.2. The van der Waals surface area contributed by atoms with Crippen LogP contribution >= 0.6 is 0 Å². The van der Waals surface area contributed by atoms with Crippen LogP contribution in [0.3, 0.4) is 0 Å². The lowest BCUT2D eigenvalue weighted by Gasteiger charge is -2.07. The number of rotatable bonds is 1. The van der Waals surface area contributed by atoms with E-state index in [1.54, 1.807) is 6.20 Å². The standard InChI is InChI=1S/C16H12N4/c17-15-14-10-18-16(11-6-2-1-3-7-11)20(14)13-9-5-4-8-12(13)19-15/h1-10H,(H2,17,19). The third-order valence-corrected chi connectivity index (χ3v) is 3.42. The van der Waals surface area contributed by atoms with Gasteiger partial charge in [-0.3, -0.25) is 4.40 Å². The number of nitrogens with zero attached hydrogens (tertiary/aromatic N) is 3. The molecule has 20 heavy (non-hydrogen) atoms. The number of hydrogen-bond donors (Lipinski definition) is 1. The second-order valence-corrected chi connectivity index (χ2v) is 4.65. The number of benzene rings is 2. The van der Waals surface area contributed by atoms with E-state index in [4.69, 9.17) is 5.73 Å². The first-order valence-corrected chi connectivity index (χ1v) is 6.42. The molecule has 2 aromatic heterocycles. The number of nitrogens with two attached hydrogens (primary N) is 1. The van der Waals surface area contributed by atoms with E-state index in [2.05, 4.69) is 14.4 Å². The number of fused-ring (bicyclic) bond motifs is 3. The van der Waals surface area contributed by atoms with Gasteiger partial charge < -0.3 is 5.73 Å². The van der Waals surface area contributed by atoms with Crippen molar-refractivity contribution in [2.24, 2.45) is 0 Å². The summed E-state index contributed by atoms with van der Waals surface area (Å²) in [7, 11) is 0. The molecule has 0 radical (unpaired) electrons. The van der Waals surface area contributed by atoms with Gasteiger partial charge in [-0.2, -0.15) is 0 Å². The monoisotopic (exact) mass is 260 g/mol. The summed E-state index contributed by atoms with van der Waals surface area (Å²) in [5.74, 6) is 1.38. The van der Waals surface area contributed by atoms with Crippen LogP contribution in [0.4, 0.5) is 5.82 Å². The van der Waals surface area contributed by atoms with Crippen molar-refractivity contribution in [3.8, 4) is 11.4 Å². The van der Waals surface area contributed by atoms with Crippen LogP contribution in [-0.4, -0.2) is 14.4 Å². The van der Waals surface area contributed by atoms with E-state index < -0.39 is 0 Å². The first-order valence-electron chi connectivity index (χ1n) is 6.42. The van der Waals surface area contributed by atoms with Crippen LogP contribution in [0.5, 0.6) is 0 Å². The molecule has 0 saturated heterocycles. The molecule has 0 amide bonds. The highest BCUT2D eigenvalue weighted by Crippen LogP contribution is 2.26. The molecule has 0 atom stereocenters. The van der Waals surface area contributed by atoms with Crippen LogP contribution in [0.15, 0.2) is 60.8 Å². The van der Waals surface area contributed by atoms with Crippen LogP contribution in [0.2, 0.25) is 0 Å². The summed E-state index contributed by atoms with van der Waals surface area (Å²) < 4.78 is 2.06. The van der Waals surface area contributed by atoms with Crippen LogP contribution in [0.1, 0.15) is 0 Å². The van der Waals surface area contributed by atoms with Crippen molar-refractivity contribution in [1.82, 2.24) is 14.4 Å². The molecular formula is C16H12N4. The Bertz CT molecular complexity index is 910. The fourth-order valence-corrected chi connectivity index (χ4v) is 2.50. The molecule has 4 nitrogen and oxygen atoms in total. The second-order valence-electron chi connectivity index (χ2n) is 4.65. The van der Waals surface area contributed by atoms with Crippen molar-refractivity contribution in [3.05, 3.63) is 60.8 Å². The van der Waals surface area contributed by atoms with E-state index in [1.165, 1.54) is 0 Å². The zero-order chi connectivity index (χ0) is 13.5. The molecule has 0 bridgehead atoms. The van der Waals surface area contributed by atoms with Crippen molar-refractivity contribution >= 4 is 22.4 Å². The molecule has 0 aliphatic heterocycles.